The third-order valence-corrected chi connectivity index (χ3v) is 3.03. The first-order valence-corrected chi connectivity index (χ1v) is 5.62. The molecule has 2 atom stereocenters. The van der Waals surface area contributed by atoms with Crippen molar-refractivity contribution in [2.24, 2.45) is 17.3 Å². The number of allylic oxidation sites excluding steroid dienone is 2. The molecule has 2 heteroatoms. The van der Waals surface area contributed by atoms with Crippen LogP contribution < -0.4 is 0 Å². The lowest BCUT2D eigenvalue weighted by molar-refractivity contribution is -0.150. The molecular formula is C13H22O2. The van der Waals surface area contributed by atoms with Gasteiger partial charge in [-0.05, 0) is 39.0 Å². The Labute approximate surface area is 92.7 Å². The van der Waals surface area contributed by atoms with Gasteiger partial charge in [0.2, 0.25) is 0 Å². The van der Waals surface area contributed by atoms with Crippen LogP contribution in [0.5, 0.6) is 0 Å². The zero-order valence-corrected chi connectivity index (χ0v) is 10.6. The van der Waals surface area contributed by atoms with Gasteiger partial charge in [-0.2, -0.15) is 0 Å². The Bertz CT molecular complexity index is 283. The van der Waals surface area contributed by atoms with E-state index in [2.05, 4.69) is 33.8 Å². The minimum Gasteiger partial charge on any atom is -0.463 e. The van der Waals surface area contributed by atoms with Crippen molar-refractivity contribution in [3.8, 4) is 0 Å². The largest absolute Gasteiger partial charge is 0.463 e. The summed E-state index contributed by atoms with van der Waals surface area (Å²) in [5.41, 5.74) is 1.34. The predicted molar refractivity (Wildman–Crippen MR) is 61.4 cm³/mol. The van der Waals surface area contributed by atoms with E-state index < -0.39 is 0 Å². The molecule has 0 heterocycles. The van der Waals surface area contributed by atoms with Crippen molar-refractivity contribution in [2.45, 2.75) is 47.6 Å². The summed E-state index contributed by atoms with van der Waals surface area (Å²) in [6.07, 6.45) is 2.17. The summed E-state index contributed by atoms with van der Waals surface area (Å²) in [4.78, 5) is 11.8. The third-order valence-electron chi connectivity index (χ3n) is 3.03. The van der Waals surface area contributed by atoms with E-state index in [0.29, 0.717) is 5.92 Å². The number of hydrogen-bond donors (Lipinski definition) is 0. The second-order valence-electron chi connectivity index (χ2n) is 5.55. The van der Waals surface area contributed by atoms with Gasteiger partial charge >= 0.3 is 5.97 Å². The predicted octanol–water partition coefficient (Wildman–Crippen LogP) is 3.18. The molecule has 0 spiro atoms. The maximum absolute atomic E-state index is 11.8. The topological polar surface area (TPSA) is 26.3 Å². The highest BCUT2D eigenvalue weighted by atomic mass is 16.5. The van der Waals surface area contributed by atoms with Crippen LogP contribution in [-0.2, 0) is 9.53 Å². The van der Waals surface area contributed by atoms with E-state index in [0.717, 1.165) is 0 Å². The van der Waals surface area contributed by atoms with E-state index in [1.54, 1.807) is 0 Å². The fourth-order valence-electron chi connectivity index (χ4n) is 2.10. The number of carbonyl (C=O) groups is 1. The quantitative estimate of drug-likeness (QED) is 0.528. The highest BCUT2D eigenvalue weighted by Crippen LogP contribution is 2.59. The molecule has 1 aliphatic carbocycles. The molecule has 0 N–H and O–H groups in total. The van der Waals surface area contributed by atoms with Gasteiger partial charge in [-0.1, -0.05) is 25.5 Å². The fraction of sp³-hybridized carbons (Fsp3) is 0.769. The van der Waals surface area contributed by atoms with Crippen molar-refractivity contribution in [1.29, 1.82) is 0 Å². The van der Waals surface area contributed by atoms with E-state index >= 15 is 0 Å². The smallest absolute Gasteiger partial charge is 0.310 e. The van der Waals surface area contributed by atoms with Gasteiger partial charge < -0.3 is 4.74 Å². The molecule has 0 aromatic heterocycles. The van der Waals surface area contributed by atoms with Gasteiger partial charge in [0.1, 0.15) is 0 Å². The summed E-state index contributed by atoms with van der Waals surface area (Å²) in [5, 5.41) is 0. The Morgan fingerprint density at radius 2 is 1.87 bits per heavy atom. The van der Waals surface area contributed by atoms with Crippen LogP contribution in [0.2, 0.25) is 0 Å². The molecule has 2 nitrogen and oxygen atoms in total. The molecule has 0 aromatic rings. The molecule has 0 radical (unpaired) electrons. The normalized spacial score (nSPS) is 27.4. The van der Waals surface area contributed by atoms with E-state index in [9.17, 15) is 4.79 Å². The van der Waals surface area contributed by atoms with Crippen LogP contribution in [0.1, 0.15) is 41.5 Å². The van der Waals surface area contributed by atoms with Gasteiger partial charge in [-0.3, -0.25) is 4.79 Å². The van der Waals surface area contributed by atoms with Crippen molar-refractivity contribution in [3.63, 3.8) is 0 Å². The fourth-order valence-corrected chi connectivity index (χ4v) is 2.10. The number of ether oxygens (including phenoxy) is 1. The molecule has 0 aromatic carbocycles. The van der Waals surface area contributed by atoms with Gasteiger partial charge in [0.25, 0.3) is 0 Å². The summed E-state index contributed by atoms with van der Waals surface area (Å²) in [6.45, 7) is 12.2. The van der Waals surface area contributed by atoms with Crippen molar-refractivity contribution in [3.05, 3.63) is 11.6 Å². The van der Waals surface area contributed by atoms with E-state index in [-0.39, 0.29) is 23.4 Å². The summed E-state index contributed by atoms with van der Waals surface area (Å²) < 4.78 is 5.25. The molecule has 1 aliphatic rings. The maximum atomic E-state index is 11.8. The number of rotatable bonds is 3. The minimum absolute atomic E-state index is 0.0127. The highest BCUT2D eigenvalue weighted by molar-refractivity contribution is 5.78. The molecular weight excluding hydrogens is 188 g/mol. The Morgan fingerprint density at radius 1 is 1.33 bits per heavy atom. The molecule has 0 amide bonds. The molecule has 1 rings (SSSR count). The van der Waals surface area contributed by atoms with E-state index in [4.69, 9.17) is 4.74 Å². The molecule has 0 aliphatic heterocycles. The maximum Gasteiger partial charge on any atom is 0.310 e. The lowest BCUT2D eigenvalue weighted by Gasteiger charge is -2.08. The molecule has 15 heavy (non-hydrogen) atoms. The van der Waals surface area contributed by atoms with Crippen LogP contribution in [0.3, 0.4) is 0 Å². The SMILES string of the molecule is CC(C)=C[C@@H]1[C@@H](C(=O)OC(C)C)C1(C)C. The van der Waals surface area contributed by atoms with Crippen molar-refractivity contribution >= 4 is 5.97 Å². The average molecular weight is 210 g/mol. The minimum atomic E-state index is -0.0440. The summed E-state index contributed by atoms with van der Waals surface area (Å²) in [7, 11) is 0. The second kappa shape index (κ2) is 3.99. The van der Waals surface area contributed by atoms with Crippen molar-refractivity contribution < 1.29 is 9.53 Å². The van der Waals surface area contributed by atoms with Crippen LogP contribution in [0, 0.1) is 17.3 Å². The first kappa shape index (κ1) is 12.3. The molecule has 1 saturated carbocycles. The lowest BCUT2D eigenvalue weighted by atomic mass is 10.1. The molecule has 0 bridgehead atoms. The monoisotopic (exact) mass is 210 g/mol. The zero-order valence-electron chi connectivity index (χ0n) is 10.6. The Kier molecular flexibility index (Phi) is 3.27. The zero-order chi connectivity index (χ0) is 11.8. The van der Waals surface area contributed by atoms with E-state index in [1.165, 1.54) is 5.57 Å². The second-order valence-corrected chi connectivity index (χ2v) is 5.55. The van der Waals surface area contributed by atoms with E-state index in [1.807, 2.05) is 13.8 Å². The van der Waals surface area contributed by atoms with Crippen LogP contribution in [0.15, 0.2) is 11.6 Å². The Morgan fingerprint density at radius 3 is 2.27 bits per heavy atom. The van der Waals surface area contributed by atoms with Crippen LogP contribution in [-0.4, -0.2) is 12.1 Å². The summed E-state index contributed by atoms with van der Waals surface area (Å²) in [5.74, 6) is 0.362. The van der Waals surface area contributed by atoms with Crippen molar-refractivity contribution in [1.82, 2.24) is 0 Å². The van der Waals surface area contributed by atoms with Gasteiger partial charge in [0.05, 0.1) is 12.0 Å². The van der Waals surface area contributed by atoms with Gasteiger partial charge in [0.15, 0.2) is 0 Å². The number of carbonyl (C=O) groups excluding carboxylic acids is 1. The summed E-state index contributed by atoms with van der Waals surface area (Å²) in [6, 6.07) is 0. The third kappa shape index (κ3) is 2.61. The van der Waals surface area contributed by atoms with Gasteiger partial charge in [-0.15, -0.1) is 0 Å². The highest BCUT2D eigenvalue weighted by Gasteiger charge is 2.61. The van der Waals surface area contributed by atoms with Crippen molar-refractivity contribution in [2.75, 3.05) is 0 Å². The number of hydrogen-bond acceptors (Lipinski definition) is 2. The van der Waals surface area contributed by atoms with Crippen LogP contribution in [0.25, 0.3) is 0 Å². The van der Waals surface area contributed by atoms with Crippen LogP contribution in [0.4, 0.5) is 0 Å². The molecule has 0 saturated heterocycles. The average Bonchev–Trinajstić information content (AvgIpc) is 2.49. The molecule has 1 fully saturated rings. The first-order valence-electron chi connectivity index (χ1n) is 5.62. The van der Waals surface area contributed by atoms with Gasteiger partial charge in [-0.25, -0.2) is 0 Å². The lowest BCUT2D eigenvalue weighted by Crippen LogP contribution is -2.15. The summed E-state index contributed by atoms with van der Waals surface area (Å²) >= 11 is 0. The molecule has 0 unspecified atom stereocenters. The Balaban J connectivity index is 2.66. The Hall–Kier alpha value is -0.790. The number of esters is 1. The van der Waals surface area contributed by atoms with Crippen LogP contribution >= 0.6 is 0 Å². The molecule has 86 valence electrons. The van der Waals surface area contributed by atoms with Gasteiger partial charge in [0, 0.05) is 0 Å². The standard InChI is InChI=1S/C13H22O2/c1-8(2)7-10-11(13(10,5)6)12(14)15-9(3)4/h7,9-11H,1-6H3/t10-,11+/m1/s1. The first-order chi connectivity index (χ1) is 6.76.